The highest BCUT2D eigenvalue weighted by molar-refractivity contribution is 6.31. The number of benzene rings is 2. The molecule has 168 valence electrons. The molecule has 0 fully saturated rings. The molecule has 0 atom stereocenters. The van der Waals surface area contributed by atoms with E-state index >= 15 is 0 Å². The lowest BCUT2D eigenvalue weighted by Gasteiger charge is -2.19. The molecule has 0 spiro atoms. The first kappa shape index (κ1) is 23.4. The minimum Gasteiger partial charge on any atom is -0.488 e. The Labute approximate surface area is 191 Å². The molecule has 0 aliphatic carbocycles. The van der Waals surface area contributed by atoms with Gasteiger partial charge in [-0.3, -0.25) is 4.79 Å². The number of halogens is 2. The van der Waals surface area contributed by atoms with Gasteiger partial charge in [0.2, 0.25) is 5.91 Å². The van der Waals surface area contributed by atoms with Crippen LogP contribution < -0.4 is 15.4 Å². The normalized spacial score (nSPS) is 11.5. The van der Waals surface area contributed by atoms with Crippen molar-refractivity contribution in [2.24, 2.45) is 0 Å². The third-order valence-electron chi connectivity index (χ3n) is 4.31. The fourth-order valence-electron chi connectivity index (χ4n) is 2.95. The molecule has 3 rings (SSSR count). The third-order valence-corrected chi connectivity index (χ3v) is 4.60. The Bertz CT molecular complexity index is 1150. The Hall–Kier alpha value is -3.23. The second kappa shape index (κ2) is 10.4. The number of fused-ring (bicyclic) bond motifs is 1. The summed E-state index contributed by atoms with van der Waals surface area (Å²) in [6.45, 7) is 4.37. The van der Waals surface area contributed by atoms with E-state index in [9.17, 15) is 9.18 Å². The van der Waals surface area contributed by atoms with Crippen LogP contribution in [0.3, 0.4) is 0 Å². The molecule has 0 radical (unpaired) electrons. The second-order valence-corrected chi connectivity index (χ2v) is 8.01. The van der Waals surface area contributed by atoms with Gasteiger partial charge in [0.1, 0.15) is 12.1 Å². The lowest BCUT2D eigenvalue weighted by atomic mass is 10.1. The van der Waals surface area contributed by atoms with E-state index in [4.69, 9.17) is 16.3 Å². The average molecular weight is 458 g/mol. The van der Waals surface area contributed by atoms with Gasteiger partial charge in [-0.2, -0.15) is 0 Å². The maximum atomic E-state index is 14.5. The molecule has 32 heavy (non-hydrogen) atoms. The molecular weight excluding hydrogens is 433 g/mol. The number of anilines is 3. The van der Waals surface area contributed by atoms with Crippen molar-refractivity contribution in [3.05, 3.63) is 59.7 Å². The Morgan fingerprint density at radius 1 is 1.22 bits per heavy atom. The van der Waals surface area contributed by atoms with E-state index in [2.05, 4.69) is 20.6 Å². The van der Waals surface area contributed by atoms with Crippen LogP contribution in [0.15, 0.2) is 48.8 Å². The van der Waals surface area contributed by atoms with E-state index in [1.165, 1.54) is 18.5 Å². The fourth-order valence-corrected chi connectivity index (χ4v) is 3.12. The van der Waals surface area contributed by atoms with Crippen molar-refractivity contribution in [1.82, 2.24) is 14.9 Å². The van der Waals surface area contributed by atoms with E-state index in [0.717, 1.165) is 0 Å². The van der Waals surface area contributed by atoms with Crippen LogP contribution in [0, 0.1) is 5.82 Å². The minimum atomic E-state index is -0.595. The molecule has 0 aliphatic rings. The first-order chi connectivity index (χ1) is 15.3. The number of aromatic nitrogens is 2. The van der Waals surface area contributed by atoms with Crippen LogP contribution in [0.2, 0.25) is 5.02 Å². The predicted molar refractivity (Wildman–Crippen MR) is 126 cm³/mol. The molecule has 2 aromatic carbocycles. The Balaban J connectivity index is 2.06. The standard InChI is InChI=1S/C23H25ClFN5O2/c1-14(2)32-22-18(28-19(31)9-6-12-30(3)4)11-10-16-20(22)23(27-13-26-16)29-17-8-5-7-15(24)21(17)25/h5-11,13-14H,12H2,1-4H3,(H,28,31)(H,26,27,29)/b9-6+. The topological polar surface area (TPSA) is 79.4 Å². The van der Waals surface area contributed by atoms with Crippen molar-refractivity contribution in [2.75, 3.05) is 31.3 Å². The number of nitrogens with one attached hydrogen (secondary N) is 2. The molecule has 0 unspecified atom stereocenters. The summed E-state index contributed by atoms with van der Waals surface area (Å²) in [7, 11) is 3.83. The maximum Gasteiger partial charge on any atom is 0.248 e. The van der Waals surface area contributed by atoms with Gasteiger partial charge >= 0.3 is 0 Å². The van der Waals surface area contributed by atoms with Crippen molar-refractivity contribution in [2.45, 2.75) is 20.0 Å². The van der Waals surface area contributed by atoms with Crippen molar-refractivity contribution in [3.8, 4) is 5.75 Å². The van der Waals surface area contributed by atoms with Gasteiger partial charge in [0.15, 0.2) is 11.6 Å². The molecule has 0 saturated heterocycles. The van der Waals surface area contributed by atoms with Gasteiger partial charge in [0.05, 0.1) is 33.4 Å². The number of ether oxygens (including phenoxy) is 1. The molecule has 9 heteroatoms. The number of likely N-dealkylation sites (N-methyl/N-ethyl adjacent to an activating group) is 1. The van der Waals surface area contributed by atoms with E-state index < -0.39 is 5.82 Å². The summed E-state index contributed by atoms with van der Waals surface area (Å²) in [6.07, 6.45) is 4.40. The van der Waals surface area contributed by atoms with E-state index in [1.54, 1.807) is 30.3 Å². The van der Waals surface area contributed by atoms with Crippen molar-refractivity contribution >= 4 is 45.6 Å². The summed E-state index contributed by atoms with van der Waals surface area (Å²) in [5, 5.41) is 6.32. The van der Waals surface area contributed by atoms with Crippen LogP contribution in [0.25, 0.3) is 10.9 Å². The van der Waals surface area contributed by atoms with E-state index in [-0.39, 0.29) is 22.7 Å². The molecule has 0 aliphatic heterocycles. The summed E-state index contributed by atoms with van der Waals surface area (Å²) in [4.78, 5) is 23.0. The SMILES string of the molecule is CC(C)Oc1c(NC(=O)/C=C/CN(C)C)ccc2ncnc(Nc3cccc(Cl)c3F)c12. The number of amides is 1. The maximum absolute atomic E-state index is 14.5. The summed E-state index contributed by atoms with van der Waals surface area (Å²) in [5.74, 6) is -0.182. The van der Waals surface area contributed by atoms with E-state index in [0.29, 0.717) is 34.7 Å². The quantitative estimate of drug-likeness (QED) is 0.463. The summed E-state index contributed by atoms with van der Waals surface area (Å²) < 4.78 is 20.5. The number of nitrogens with zero attached hydrogens (tertiary/aromatic N) is 3. The Morgan fingerprint density at radius 2 is 2.00 bits per heavy atom. The highest BCUT2D eigenvalue weighted by atomic mass is 35.5. The number of carbonyl (C=O) groups is 1. The third kappa shape index (κ3) is 5.72. The molecular formula is C23H25ClFN5O2. The zero-order chi connectivity index (χ0) is 23.3. The molecule has 1 amide bonds. The van der Waals surface area contributed by atoms with Crippen LogP contribution in [0.4, 0.5) is 21.6 Å². The molecule has 7 nitrogen and oxygen atoms in total. The van der Waals surface area contributed by atoms with Gasteiger partial charge in [0, 0.05) is 12.6 Å². The van der Waals surface area contributed by atoms with Crippen molar-refractivity contribution in [3.63, 3.8) is 0 Å². The Morgan fingerprint density at radius 3 is 2.72 bits per heavy atom. The van der Waals surface area contributed by atoms with E-state index in [1.807, 2.05) is 32.8 Å². The zero-order valence-electron chi connectivity index (χ0n) is 18.3. The summed E-state index contributed by atoms with van der Waals surface area (Å²) in [6, 6.07) is 8.11. The first-order valence-electron chi connectivity index (χ1n) is 10.0. The zero-order valence-corrected chi connectivity index (χ0v) is 19.1. The number of rotatable bonds is 8. The predicted octanol–water partition coefficient (Wildman–Crippen LogP) is 5.01. The van der Waals surface area contributed by atoms with Gasteiger partial charge in [0.25, 0.3) is 0 Å². The molecule has 0 bridgehead atoms. The number of carbonyl (C=O) groups excluding carboxylic acids is 1. The van der Waals surface area contributed by atoms with Gasteiger partial charge < -0.3 is 20.3 Å². The van der Waals surface area contributed by atoms with Crippen molar-refractivity contribution in [1.29, 1.82) is 0 Å². The summed E-state index contributed by atoms with van der Waals surface area (Å²) in [5.41, 5.74) is 1.19. The molecule has 3 aromatic rings. The largest absolute Gasteiger partial charge is 0.488 e. The highest BCUT2D eigenvalue weighted by Crippen LogP contribution is 2.39. The molecule has 1 heterocycles. The average Bonchev–Trinajstić information content (AvgIpc) is 2.72. The van der Waals surface area contributed by atoms with Gasteiger partial charge in [-0.1, -0.05) is 23.7 Å². The van der Waals surface area contributed by atoms with Gasteiger partial charge in [-0.15, -0.1) is 0 Å². The highest BCUT2D eigenvalue weighted by Gasteiger charge is 2.18. The minimum absolute atomic E-state index is 0.00974. The Kier molecular flexibility index (Phi) is 7.61. The van der Waals surface area contributed by atoms with Crippen LogP contribution in [0.1, 0.15) is 13.8 Å². The molecule has 0 saturated carbocycles. The lowest BCUT2D eigenvalue weighted by Crippen LogP contribution is -2.15. The van der Waals surface area contributed by atoms with Crippen molar-refractivity contribution < 1.29 is 13.9 Å². The van der Waals surface area contributed by atoms with Crippen LogP contribution in [-0.4, -0.2) is 47.5 Å². The molecule has 1 aromatic heterocycles. The number of hydrogen-bond donors (Lipinski definition) is 2. The van der Waals surface area contributed by atoms with Gasteiger partial charge in [-0.25, -0.2) is 14.4 Å². The summed E-state index contributed by atoms with van der Waals surface area (Å²) >= 11 is 5.91. The van der Waals surface area contributed by atoms with Crippen LogP contribution >= 0.6 is 11.6 Å². The first-order valence-corrected chi connectivity index (χ1v) is 10.4. The van der Waals surface area contributed by atoms with Gasteiger partial charge in [-0.05, 0) is 52.2 Å². The fraction of sp³-hybridized carbons (Fsp3) is 0.261. The molecule has 2 N–H and O–H groups in total. The lowest BCUT2D eigenvalue weighted by molar-refractivity contribution is -0.111. The smallest absolute Gasteiger partial charge is 0.248 e. The van der Waals surface area contributed by atoms with Crippen LogP contribution in [0.5, 0.6) is 5.75 Å². The second-order valence-electron chi connectivity index (χ2n) is 7.61. The number of hydrogen-bond acceptors (Lipinski definition) is 6. The van der Waals surface area contributed by atoms with Crippen LogP contribution in [-0.2, 0) is 4.79 Å². The monoisotopic (exact) mass is 457 g/mol.